The number of aromatic hydroxyl groups is 2. The quantitative estimate of drug-likeness (QED) is 0.769. The van der Waals surface area contributed by atoms with Crippen molar-refractivity contribution >= 4 is 0 Å². The molecule has 0 amide bonds. The second-order valence-electron chi connectivity index (χ2n) is 5.79. The summed E-state index contributed by atoms with van der Waals surface area (Å²) in [6, 6.07) is 11.4. The summed E-state index contributed by atoms with van der Waals surface area (Å²) < 4.78 is 0. The summed E-state index contributed by atoms with van der Waals surface area (Å²) in [5, 5.41) is 20.0. The second-order valence-corrected chi connectivity index (χ2v) is 5.79. The topological polar surface area (TPSA) is 40.5 Å². The minimum absolute atomic E-state index is 0.0394. The first-order valence-electron chi connectivity index (χ1n) is 7.07. The van der Waals surface area contributed by atoms with Crippen LogP contribution in [0.15, 0.2) is 36.4 Å². The van der Waals surface area contributed by atoms with Crippen molar-refractivity contribution in [2.45, 2.75) is 39.5 Å². The van der Waals surface area contributed by atoms with Crippen molar-refractivity contribution in [3.05, 3.63) is 47.5 Å². The summed E-state index contributed by atoms with van der Waals surface area (Å²) in [4.78, 5) is 0. The summed E-state index contributed by atoms with van der Waals surface area (Å²) in [7, 11) is 0. The first-order chi connectivity index (χ1) is 9.43. The van der Waals surface area contributed by atoms with Crippen LogP contribution in [-0.2, 0) is 0 Å². The Morgan fingerprint density at radius 3 is 1.75 bits per heavy atom. The molecule has 0 saturated carbocycles. The summed E-state index contributed by atoms with van der Waals surface area (Å²) in [6.07, 6.45) is 0. The Labute approximate surface area is 120 Å². The Hall–Kier alpha value is -1.96. The van der Waals surface area contributed by atoms with Crippen molar-refractivity contribution in [1.82, 2.24) is 0 Å². The van der Waals surface area contributed by atoms with E-state index in [2.05, 4.69) is 45.9 Å². The molecule has 2 heteroatoms. The van der Waals surface area contributed by atoms with E-state index in [-0.39, 0.29) is 11.5 Å². The molecule has 0 heterocycles. The smallest absolute Gasteiger partial charge is 0.165 e. The van der Waals surface area contributed by atoms with Gasteiger partial charge in [-0.05, 0) is 34.6 Å². The minimum Gasteiger partial charge on any atom is -0.504 e. The maximum absolute atomic E-state index is 10.2. The molecule has 2 aromatic rings. The van der Waals surface area contributed by atoms with Crippen LogP contribution in [0.4, 0.5) is 0 Å². The van der Waals surface area contributed by atoms with Gasteiger partial charge in [-0.1, -0.05) is 58.0 Å². The molecule has 0 atom stereocenters. The van der Waals surface area contributed by atoms with Crippen LogP contribution in [0.25, 0.3) is 11.1 Å². The number of para-hydroxylation sites is 1. The molecule has 0 aliphatic carbocycles. The lowest BCUT2D eigenvalue weighted by molar-refractivity contribution is 0.405. The standard InChI is InChI=1S/C18H22O2/c1-11(2)13-7-5-8-14(12(3)4)17(13)15-9-6-10-16(19)18(15)20/h5-12,19-20H,1-4H3. The highest BCUT2D eigenvalue weighted by atomic mass is 16.3. The van der Waals surface area contributed by atoms with Gasteiger partial charge in [0.2, 0.25) is 0 Å². The van der Waals surface area contributed by atoms with Gasteiger partial charge in [-0.25, -0.2) is 0 Å². The van der Waals surface area contributed by atoms with E-state index < -0.39 is 0 Å². The van der Waals surface area contributed by atoms with Crippen molar-refractivity contribution in [1.29, 1.82) is 0 Å². The fraction of sp³-hybridized carbons (Fsp3) is 0.333. The highest BCUT2D eigenvalue weighted by molar-refractivity contribution is 5.79. The molecule has 0 saturated heterocycles. The first kappa shape index (κ1) is 14.4. The lowest BCUT2D eigenvalue weighted by atomic mass is 9.84. The Bertz CT molecular complexity index is 587. The lowest BCUT2D eigenvalue weighted by Crippen LogP contribution is -1.99. The van der Waals surface area contributed by atoms with Crippen molar-refractivity contribution < 1.29 is 10.2 Å². The molecule has 2 aromatic carbocycles. The Morgan fingerprint density at radius 1 is 0.750 bits per heavy atom. The van der Waals surface area contributed by atoms with Gasteiger partial charge in [0, 0.05) is 5.56 Å². The van der Waals surface area contributed by atoms with E-state index in [9.17, 15) is 10.2 Å². The Morgan fingerprint density at radius 2 is 1.25 bits per heavy atom. The fourth-order valence-electron chi connectivity index (χ4n) is 2.60. The summed E-state index contributed by atoms with van der Waals surface area (Å²) >= 11 is 0. The molecule has 0 aromatic heterocycles. The predicted octanol–water partition coefficient (Wildman–Crippen LogP) is 5.01. The number of hydrogen-bond acceptors (Lipinski definition) is 2. The first-order valence-corrected chi connectivity index (χ1v) is 7.07. The van der Waals surface area contributed by atoms with Gasteiger partial charge in [0.05, 0.1) is 0 Å². The third-order valence-corrected chi connectivity index (χ3v) is 3.66. The third kappa shape index (κ3) is 2.51. The Balaban J connectivity index is 2.80. The second kappa shape index (κ2) is 5.58. The van der Waals surface area contributed by atoms with Gasteiger partial charge in [0.25, 0.3) is 0 Å². The molecule has 2 nitrogen and oxygen atoms in total. The van der Waals surface area contributed by atoms with Gasteiger partial charge in [0.15, 0.2) is 11.5 Å². The van der Waals surface area contributed by atoms with Crippen LogP contribution in [0.5, 0.6) is 11.5 Å². The maximum Gasteiger partial charge on any atom is 0.165 e. The SMILES string of the molecule is CC(C)c1cccc(C(C)C)c1-c1cccc(O)c1O. The lowest BCUT2D eigenvalue weighted by Gasteiger charge is -2.20. The van der Waals surface area contributed by atoms with Gasteiger partial charge in [-0.15, -0.1) is 0 Å². The molecule has 20 heavy (non-hydrogen) atoms. The zero-order valence-electron chi connectivity index (χ0n) is 12.5. The molecule has 0 aliphatic rings. The van der Waals surface area contributed by atoms with Crippen molar-refractivity contribution in [3.63, 3.8) is 0 Å². The molecule has 0 spiro atoms. The van der Waals surface area contributed by atoms with E-state index in [1.54, 1.807) is 6.07 Å². The monoisotopic (exact) mass is 270 g/mol. The molecule has 0 unspecified atom stereocenters. The minimum atomic E-state index is -0.0734. The summed E-state index contributed by atoms with van der Waals surface area (Å²) in [5.41, 5.74) is 4.14. The molecule has 106 valence electrons. The molecule has 2 rings (SSSR count). The zero-order chi connectivity index (χ0) is 14.9. The van der Waals surface area contributed by atoms with Crippen LogP contribution in [0.2, 0.25) is 0 Å². The van der Waals surface area contributed by atoms with Gasteiger partial charge in [-0.3, -0.25) is 0 Å². The summed E-state index contributed by atoms with van der Waals surface area (Å²) in [5.74, 6) is 0.592. The average Bonchev–Trinajstić information content (AvgIpc) is 2.41. The fourth-order valence-corrected chi connectivity index (χ4v) is 2.60. The summed E-state index contributed by atoms with van der Waals surface area (Å²) in [6.45, 7) is 8.57. The number of rotatable bonds is 3. The molecule has 0 aliphatic heterocycles. The highest BCUT2D eigenvalue weighted by Gasteiger charge is 2.18. The van der Waals surface area contributed by atoms with Crippen molar-refractivity contribution in [2.24, 2.45) is 0 Å². The van der Waals surface area contributed by atoms with Crippen LogP contribution < -0.4 is 0 Å². The molecule has 0 bridgehead atoms. The van der Waals surface area contributed by atoms with E-state index >= 15 is 0 Å². The van der Waals surface area contributed by atoms with Crippen molar-refractivity contribution in [2.75, 3.05) is 0 Å². The van der Waals surface area contributed by atoms with Crippen molar-refractivity contribution in [3.8, 4) is 22.6 Å². The maximum atomic E-state index is 10.2. The Kier molecular flexibility index (Phi) is 4.03. The highest BCUT2D eigenvalue weighted by Crippen LogP contribution is 2.43. The van der Waals surface area contributed by atoms with E-state index in [1.165, 1.54) is 17.2 Å². The number of phenols is 2. The van der Waals surface area contributed by atoms with E-state index in [0.717, 1.165) is 5.56 Å². The molecule has 0 fully saturated rings. The zero-order valence-corrected chi connectivity index (χ0v) is 12.5. The number of benzene rings is 2. The van der Waals surface area contributed by atoms with E-state index in [4.69, 9.17) is 0 Å². The van der Waals surface area contributed by atoms with Gasteiger partial charge in [0.1, 0.15) is 0 Å². The molecule has 2 N–H and O–H groups in total. The predicted molar refractivity (Wildman–Crippen MR) is 83.4 cm³/mol. The largest absolute Gasteiger partial charge is 0.504 e. The van der Waals surface area contributed by atoms with Gasteiger partial charge in [-0.2, -0.15) is 0 Å². The van der Waals surface area contributed by atoms with Crippen LogP contribution in [-0.4, -0.2) is 10.2 Å². The van der Waals surface area contributed by atoms with E-state index in [1.807, 2.05) is 6.07 Å². The average molecular weight is 270 g/mol. The number of phenolic OH excluding ortho intramolecular Hbond substituents is 2. The normalized spacial score (nSPS) is 11.3. The third-order valence-electron chi connectivity index (χ3n) is 3.66. The molecular weight excluding hydrogens is 248 g/mol. The van der Waals surface area contributed by atoms with Crippen LogP contribution in [0.3, 0.4) is 0 Å². The van der Waals surface area contributed by atoms with Gasteiger partial charge < -0.3 is 10.2 Å². The molecular formula is C18H22O2. The van der Waals surface area contributed by atoms with E-state index in [0.29, 0.717) is 17.4 Å². The van der Waals surface area contributed by atoms with Crippen LogP contribution in [0, 0.1) is 0 Å². The van der Waals surface area contributed by atoms with Crippen LogP contribution in [0.1, 0.15) is 50.7 Å². The van der Waals surface area contributed by atoms with Gasteiger partial charge >= 0.3 is 0 Å². The molecule has 0 radical (unpaired) electrons. The van der Waals surface area contributed by atoms with Crippen LogP contribution >= 0.6 is 0 Å². The number of hydrogen-bond donors (Lipinski definition) is 2.